The number of anilines is 3. The van der Waals surface area contributed by atoms with E-state index >= 15 is 0 Å². The van der Waals surface area contributed by atoms with E-state index in [1.54, 1.807) is 24.3 Å². The Morgan fingerprint density at radius 3 is 2.39 bits per heavy atom. The summed E-state index contributed by atoms with van der Waals surface area (Å²) in [5.41, 5.74) is 7.73. The van der Waals surface area contributed by atoms with Gasteiger partial charge in [0.2, 0.25) is 0 Å². The molecule has 6 heteroatoms. The molecule has 0 spiro atoms. The zero-order valence-electron chi connectivity index (χ0n) is 9.47. The molecule has 0 unspecified atom stereocenters. The lowest BCUT2D eigenvalue weighted by Gasteiger charge is -2.10. The second kappa shape index (κ2) is 5.22. The Labute approximate surface area is 120 Å². The van der Waals surface area contributed by atoms with E-state index in [4.69, 9.17) is 40.5 Å². The lowest BCUT2D eigenvalue weighted by molar-refractivity contribution is 1.20. The van der Waals surface area contributed by atoms with Crippen molar-refractivity contribution >= 4 is 52.0 Å². The first kappa shape index (κ1) is 13.3. The molecule has 1 aromatic carbocycles. The molecule has 0 saturated carbocycles. The second-order valence-electron chi connectivity index (χ2n) is 3.74. The first-order valence-corrected chi connectivity index (χ1v) is 6.25. The highest BCUT2D eigenvalue weighted by atomic mass is 35.5. The Balaban J connectivity index is 2.34. The largest absolute Gasteiger partial charge is 0.397 e. The molecule has 0 fully saturated rings. The van der Waals surface area contributed by atoms with Gasteiger partial charge in [-0.1, -0.05) is 34.8 Å². The Bertz CT molecular complexity index is 599. The minimum absolute atomic E-state index is 0.411. The normalized spacial score (nSPS) is 10.4. The van der Waals surface area contributed by atoms with Gasteiger partial charge >= 0.3 is 0 Å². The Morgan fingerprint density at radius 1 is 1.06 bits per heavy atom. The zero-order valence-corrected chi connectivity index (χ0v) is 11.7. The summed E-state index contributed by atoms with van der Waals surface area (Å²) in [6.07, 6.45) is 0. The molecule has 3 N–H and O–H groups in total. The third kappa shape index (κ3) is 2.80. The molecule has 0 bridgehead atoms. The van der Waals surface area contributed by atoms with Gasteiger partial charge in [0, 0.05) is 0 Å². The van der Waals surface area contributed by atoms with Crippen LogP contribution in [0, 0.1) is 6.92 Å². The molecule has 0 saturated heterocycles. The number of aryl methyl sites for hydroxylation is 1. The highest BCUT2D eigenvalue weighted by molar-refractivity contribution is 6.44. The van der Waals surface area contributed by atoms with E-state index in [-0.39, 0.29) is 0 Å². The summed E-state index contributed by atoms with van der Waals surface area (Å²) < 4.78 is 0. The van der Waals surface area contributed by atoms with Crippen molar-refractivity contribution in [2.75, 3.05) is 11.1 Å². The molecule has 0 aliphatic heterocycles. The van der Waals surface area contributed by atoms with Crippen LogP contribution in [0.4, 0.5) is 17.2 Å². The standard InChI is InChI=1S/C12H10Cl3N3/c1-6-10(16)2-3-12(17-6)18-11-5-8(14)7(13)4-9(11)15/h2-5H,16H2,1H3,(H,17,18). The predicted molar refractivity (Wildman–Crippen MR) is 78.1 cm³/mol. The van der Waals surface area contributed by atoms with E-state index < -0.39 is 0 Å². The van der Waals surface area contributed by atoms with Crippen molar-refractivity contribution in [2.24, 2.45) is 0 Å². The van der Waals surface area contributed by atoms with Crippen LogP contribution in [0.25, 0.3) is 0 Å². The molecule has 0 aliphatic carbocycles. The van der Waals surface area contributed by atoms with Crippen LogP contribution in [0.3, 0.4) is 0 Å². The molecule has 1 aromatic heterocycles. The second-order valence-corrected chi connectivity index (χ2v) is 4.96. The van der Waals surface area contributed by atoms with Crippen molar-refractivity contribution in [3.8, 4) is 0 Å². The summed E-state index contributed by atoms with van der Waals surface area (Å²) in [7, 11) is 0. The van der Waals surface area contributed by atoms with E-state index in [2.05, 4.69) is 10.3 Å². The van der Waals surface area contributed by atoms with Gasteiger partial charge in [0.25, 0.3) is 0 Å². The predicted octanol–water partition coefficient (Wildman–Crippen LogP) is 4.68. The number of pyridine rings is 1. The van der Waals surface area contributed by atoms with Gasteiger partial charge in [0.15, 0.2) is 0 Å². The lowest BCUT2D eigenvalue weighted by Crippen LogP contribution is -1.98. The number of nitrogen functional groups attached to an aromatic ring is 1. The van der Waals surface area contributed by atoms with E-state index in [9.17, 15) is 0 Å². The van der Waals surface area contributed by atoms with Gasteiger partial charge in [-0.2, -0.15) is 0 Å². The lowest BCUT2D eigenvalue weighted by atomic mass is 10.3. The molecule has 18 heavy (non-hydrogen) atoms. The van der Waals surface area contributed by atoms with E-state index in [1.807, 2.05) is 6.92 Å². The fraction of sp³-hybridized carbons (Fsp3) is 0.0833. The van der Waals surface area contributed by atoms with Crippen molar-refractivity contribution in [1.29, 1.82) is 0 Å². The first-order chi connectivity index (χ1) is 8.47. The molecule has 3 nitrogen and oxygen atoms in total. The topological polar surface area (TPSA) is 50.9 Å². The number of rotatable bonds is 2. The van der Waals surface area contributed by atoms with Gasteiger partial charge in [-0.05, 0) is 31.2 Å². The summed E-state index contributed by atoms with van der Waals surface area (Å²) in [4.78, 5) is 4.29. The molecule has 0 radical (unpaired) electrons. The van der Waals surface area contributed by atoms with Crippen LogP contribution in [-0.2, 0) is 0 Å². The maximum absolute atomic E-state index is 6.06. The summed E-state index contributed by atoms with van der Waals surface area (Å²) in [5, 5.41) is 4.38. The number of nitrogens with one attached hydrogen (secondary N) is 1. The molecular weight excluding hydrogens is 293 g/mol. The van der Waals surface area contributed by atoms with Gasteiger partial charge in [0.1, 0.15) is 5.82 Å². The SMILES string of the molecule is Cc1nc(Nc2cc(Cl)c(Cl)cc2Cl)ccc1N. The molecule has 0 aliphatic rings. The molecule has 94 valence electrons. The number of halogens is 3. The Morgan fingerprint density at radius 2 is 1.72 bits per heavy atom. The first-order valence-electron chi connectivity index (χ1n) is 5.12. The van der Waals surface area contributed by atoms with Crippen LogP contribution in [0.2, 0.25) is 15.1 Å². The monoisotopic (exact) mass is 301 g/mol. The number of benzene rings is 1. The summed E-state index contributed by atoms with van der Waals surface area (Å²) in [6.45, 7) is 1.83. The summed E-state index contributed by atoms with van der Waals surface area (Å²) >= 11 is 17.9. The van der Waals surface area contributed by atoms with Gasteiger partial charge in [-0.3, -0.25) is 0 Å². The average Bonchev–Trinajstić information content (AvgIpc) is 2.31. The van der Waals surface area contributed by atoms with E-state index in [0.717, 1.165) is 5.69 Å². The molecule has 0 amide bonds. The molecule has 2 rings (SSSR count). The quantitative estimate of drug-likeness (QED) is 0.792. The summed E-state index contributed by atoms with van der Waals surface area (Å²) in [5.74, 6) is 0.641. The number of hydrogen-bond acceptors (Lipinski definition) is 3. The fourth-order valence-corrected chi connectivity index (χ4v) is 1.99. The highest BCUT2D eigenvalue weighted by Gasteiger charge is 2.07. The van der Waals surface area contributed by atoms with Gasteiger partial charge in [-0.25, -0.2) is 4.98 Å². The zero-order chi connectivity index (χ0) is 13.3. The van der Waals surface area contributed by atoms with Crippen molar-refractivity contribution in [3.63, 3.8) is 0 Å². The fourth-order valence-electron chi connectivity index (χ4n) is 1.40. The van der Waals surface area contributed by atoms with Crippen molar-refractivity contribution < 1.29 is 0 Å². The van der Waals surface area contributed by atoms with Crippen molar-refractivity contribution in [2.45, 2.75) is 6.92 Å². The number of hydrogen-bond donors (Lipinski definition) is 2. The van der Waals surface area contributed by atoms with Crippen LogP contribution < -0.4 is 11.1 Å². The summed E-state index contributed by atoms with van der Waals surface area (Å²) in [6, 6.07) is 6.77. The van der Waals surface area contributed by atoms with E-state index in [1.165, 1.54) is 0 Å². The van der Waals surface area contributed by atoms with Crippen LogP contribution in [-0.4, -0.2) is 4.98 Å². The molecular formula is C12H10Cl3N3. The van der Waals surface area contributed by atoms with Crippen molar-refractivity contribution in [1.82, 2.24) is 4.98 Å². The minimum atomic E-state index is 0.411. The third-order valence-electron chi connectivity index (χ3n) is 2.40. The Hall–Kier alpha value is -1.16. The smallest absolute Gasteiger partial charge is 0.130 e. The van der Waals surface area contributed by atoms with Crippen LogP contribution >= 0.6 is 34.8 Å². The minimum Gasteiger partial charge on any atom is -0.397 e. The molecule has 2 aromatic rings. The number of nitrogens with two attached hydrogens (primary N) is 1. The molecule has 1 heterocycles. The van der Waals surface area contributed by atoms with Crippen molar-refractivity contribution in [3.05, 3.63) is 45.0 Å². The van der Waals surface area contributed by atoms with Gasteiger partial charge in [0.05, 0.1) is 32.1 Å². The maximum Gasteiger partial charge on any atom is 0.130 e. The van der Waals surface area contributed by atoms with Crippen LogP contribution in [0.5, 0.6) is 0 Å². The number of aromatic nitrogens is 1. The maximum atomic E-state index is 6.06. The number of nitrogens with zero attached hydrogens (tertiary/aromatic N) is 1. The van der Waals surface area contributed by atoms with Gasteiger partial charge < -0.3 is 11.1 Å². The van der Waals surface area contributed by atoms with E-state index in [0.29, 0.717) is 32.3 Å². The average molecular weight is 303 g/mol. The third-order valence-corrected chi connectivity index (χ3v) is 3.43. The Kier molecular flexibility index (Phi) is 3.85. The van der Waals surface area contributed by atoms with Gasteiger partial charge in [-0.15, -0.1) is 0 Å². The van der Waals surface area contributed by atoms with Crippen LogP contribution in [0.15, 0.2) is 24.3 Å². The molecule has 0 atom stereocenters. The highest BCUT2D eigenvalue weighted by Crippen LogP contribution is 2.33. The van der Waals surface area contributed by atoms with Crippen LogP contribution in [0.1, 0.15) is 5.69 Å².